The van der Waals surface area contributed by atoms with Gasteiger partial charge in [0.2, 0.25) is 0 Å². The lowest BCUT2D eigenvalue weighted by Crippen LogP contribution is -2.36. The lowest BCUT2D eigenvalue weighted by Gasteiger charge is -2.27. The molecule has 3 aromatic carbocycles. The van der Waals surface area contributed by atoms with E-state index in [1.54, 1.807) is 18.2 Å². The van der Waals surface area contributed by atoms with Crippen LogP contribution in [0.4, 0.5) is 0 Å². The second-order valence-electron chi connectivity index (χ2n) is 9.37. The predicted molar refractivity (Wildman–Crippen MR) is 148 cm³/mol. The van der Waals surface area contributed by atoms with E-state index in [1.165, 1.54) is 6.08 Å². The van der Waals surface area contributed by atoms with Crippen molar-refractivity contribution in [3.05, 3.63) is 126 Å². The van der Waals surface area contributed by atoms with E-state index in [0.29, 0.717) is 36.1 Å². The van der Waals surface area contributed by atoms with E-state index in [4.69, 9.17) is 14.2 Å². The van der Waals surface area contributed by atoms with E-state index in [-0.39, 0.29) is 26.1 Å². The molecule has 1 aliphatic rings. The van der Waals surface area contributed by atoms with Crippen molar-refractivity contribution in [1.82, 2.24) is 0 Å². The Hall–Kier alpha value is -4.45. The smallest absolute Gasteiger partial charge is 0.330 e. The third-order valence-corrected chi connectivity index (χ3v) is 6.77. The number of benzene rings is 3. The first-order valence-electron chi connectivity index (χ1n) is 13.1. The van der Waals surface area contributed by atoms with Gasteiger partial charge < -0.3 is 14.2 Å². The second-order valence-corrected chi connectivity index (χ2v) is 9.37. The minimum atomic E-state index is -1.21. The van der Waals surface area contributed by atoms with Crippen molar-refractivity contribution >= 4 is 17.9 Å². The molecule has 0 fully saturated rings. The van der Waals surface area contributed by atoms with Gasteiger partial charge >= 0.3 is 17.9 Å². The van der Waals surface area contributed by atoms with Crippen molar-refractivity contribution < 1.29 is 28.6 Å². The molecule has 200 valence electrons. The predicted octanol–water partition coefficient (Wildman–Crippen LogP) is 5.70. The highest BCUT2D eigenvalue weighted by molar-refractivity contribution is 5.95. The molecule has 1 unspecified atom stereocenters. The van der Waals surface area contributed by atoms with Gasteiger partial charge in [-0.15, -0.1) is 0 Å². The quantitative estimate of drug-likeness (QED) is 0.124. The molecule has 0 saturated heterocycles. The molecule has 0 aromatic heterocycles. The van der Waals surface area contributed by atoms with Crippen molar-refractivity contribution in [1.29, 1.82) is 0 Å². The molecule has 1 atom stereocenters. The summed E-state index contributed by atoms with van der Waals surface area (Å²) in [5.74, 6) is -0.935. The Bertz CT molecular complexity index is 1330. The number of allylic oxidation sites excluding steroid dienone is 1. The van der Waals surface area contributed by atoms with E-state index in [1.807, 2.05) is 72.8 Å². The summed E-state index contributed by atoms with van der Waals surface area (Å²) >= 11 is 0. The van der Waals surface area contributed by atoms with Crippen LogP contribution < -0.4 is 4.74 Å². The van der Waals surface area contributed by atoms with E-state index in [0.717, 1.165) is 11.1 Å². The lowest BCUT2D eigenvalue weighted by atomic mass is 9.71. The van der Waals surface area contributed by atoms with Crippen LogP contribution in [0.1, 0.15) is 36.0 Å². The zero-order valence-electron chi connectivity index (χ0n) is 21.8. The van der Waals surface area contributed by atoms with Crippen molar-refractivity contribution in [2.24, 2.45) is 0 Å². The molecule has 3 aromatic rings. The molecule has 0 aliphatic carbocycles. The Morgan fingerprint density at radius 1 is 0.821 bits per heavy atom. The number of fused-ring (bicyclic) bond motifs is 1. The van der Waals surface area contributed by atoms with Crippen LogP contribution in [0.15, 0.2) is 109 Å². The van der Waals surface area contributed by atoms with Crippen molar-refractivity contribution in [2.75, 3.05) is 13.2 Å². The first kappa shape index (κ1) is 27.6. The molecule has 0 radical (unpaired) electrons. The molecule has 6 heteroatoms. The summed E-state index contributed by atoms with van der Waals surface area (Å²) in [6, 6.07) is 26.7. The first-order chi connectivity index (χ1) is 19.0. The monoisotopic (exact) mass is 524 g/mol. The van der Waals surface area contributed by atoms with Crippen LogP contribution in [0.2, 0.25) is 0 Å². The van der Waals surface area contributed by atoms with E-state index < -0.39 is 23.3 Å². The van der Waals surface area contributed by atoms with Crippen LogP contribution in [0.3, 0.4) is 0 Å². The van der Waals surface area contributed by atoms with Gasteiger partial charge in [-0.2, -0.15) is 0 Å². The molecular formula is C33H32O6. The Kier molecular flexibility index (Phi) is 9.46. The van der Waals surface area contributed by atoms with E-state index in [2.05, 4.69) is 6.58 Å². The van der Waals surface area contributed by atoms with Crippen LogP contribution in [0.5, 0.6) is 5.75 Å². The number of para-hydroxylation sites is 1. The van der Waals surface area contributed by atoms with Gasteiger partial charge in [-0.25, -0.2) is 4.79 Å². The van der Waals surface area contributed by atoms with Crippen LogP contribution in [-0.4, -0.2) is 31.1 Å². The lowest BCUT2D eigenvalue weighted by molar-refractivity contribution is -0.143. The van der Waals surface area contributed by atoms with Crippen molar-refractivity contribution in [3.8, 4) is 5.75 Å². The fourth-order valence-corrected chi connectivity index (χ4v) is 4.70. The summed E-state index contributed by atoms with van der Waals surface area (Å²) < 4.78 is 16.3. The van der Waals surface area contributed by atoms with Crippen molar-refractivity contribution in [3.63, 3.8) is 0 Å². The number of esters is 3. The summed E-state index contributed by atoms with van der Waals surface area (Å²) in [6.07, 6.45) is 4.81. The van der Waals surface area contributed by atoms with E-state index >= 15 is 0 Å². The fraction of sp³-hybridized carbons (Fsp3) is 0.242. The Balaban J connectivity index is 1.35. The summed E-state index contributed by atoms with van der Waals surface area (Å²) in [5.41, 5.74) is 2.01. The summed E-state index contributed by atoms with van der Waals surface area (Å²) in [4.78, 5) is 38.1. The maximum atomic E-state index is 13.2. The fourth-order valence-electron chi connectivity index (χ4n) is 4.70. The maximum absolute atomic E-state index is 13.2. The van der Waals surface area contributed by atoms with Crippen LogP contribution in [-0.2, 0) is 42.1 Å². The third-order valence-electron chi connectivity index (χ3n) is 6.77. The Morgan fingerprint density at radius 2 is 1.41 bits per heavy atom. The largest absolute Gasteiger partial charge is 0.465 e. The minimum absolute atomic E-state index is 0.122. The molecular weight excluding hydrogens is 492 g/mol. The Labute approximate surface area is 228 Å². The maximum Gasteiger partial charge on any atom is 0.330 e. The second kappa shape index (κ2) is 13.4. The number of rotatable bonds is 13. The van der Waals surface area contributed by atoms with Gasteiger partial charge in [-0.05, 0) is 35.6 Å². The SMILES string of the molecule is C=C(CC(=O)OCCc1ccccc1)C1(CC/C=C/C(=O)OCCc2ccccc2)C(=O)Oc2ccccc21. The van der Waals surface area contributed by atoms with Crippen LogP contribution >= 0.6 is 0 Å². The molecule has 0 bridgehead atoms. The zero-order chi connectivity index (χ0) is 27.5. The summed E-state index contributed by atoms with van der Waals surface area (Å²) in [5, 5.41) is 0. The molecule has 0 amide bonds. The van der Waals surface area contributed by atoms with Gasteiger partial charge in [0.15, 0.2) is 0 Å². The first-order valence-corrected chi connectivity index (χ1v) is 13.1. The molecule has 0 N–H and O–H groups in total. The van der Waals surface area contributed by atoms with Gasteiger partial charge in [-0.3, -0.25) is 9.59 Å². The molecule has 0 saturated carbocycles. The van der Waals surface area contributed by atoms with Gasteiger partial charge in [0, 0.05) is 24.5 Å². The number of hydrogen-bond acceptors (Lipinski definition) is 6. The Morgan fingerprint density at radius 3 is 2.08 bits per heavy atom. The normalized spacial score (nSPS) is 15.9. The van der Waals surface area contributed by atoms with Gasteiger partial charge in [0.1, 0.15) is 11.2 Å². The van der Waals surface area contributed by atoms with E-state index in [9.17, 15) is 14.4 Å². The average Bonchev–Trinajstić information content (AvgIpc) is 3.24. The topological polar surface area (TPSA) is 78.9 Å². The number of carbonyl (C=O) groups excluding carboxylic acids is 3. The van der Waals surface area contributed by atoms with Gasteiger partial charge in [0.05, 0.1) is 19.6 Å². The number of carbonyl (C=O) groups is 3. The highest BCUT2D eigenvalue weighted by atomic mass is 16.5. The molecule has 0 spiro atoms. The number of hydrogen-bond donors (Lipinski definition) is 0. The molecule has 6 nitrogen and oxygen atoms in total. The summed E-state index contributed by atoms with van der Waals surface area (Å²) in [6.45, 7) is 4.64. The molecule has 39 heavy (non-hydrogen) atoms. The van der Waals surface area contributed by atoms with Gasteiger partial charge in [-0.1, -0.05) is 91.5 Å². The third kappa shape index (κ3) is 7.11. The van der Waals surface area contributed by atoms with Gasteiger partial charge in [0.25, 0.3) is 0 Å². The standard InChI is InChI=1S/C33H32O6/c1-25(24-31(35)38-23-20-27-14-6-3-7-15-27)33(28-16-8-9-17-29(28)39-32(33)36)21-11-10-18-30(34)37-22-19-26-12-4-2-5-13-26/h2-10,12-18H,1,11,19-24H2/b18-10+. The highest BCUT2D eigenvalue weighted by Gasteiger charge is 2.50. The number of ether oxygens (including phenoxy) is 3. The van der Waals surface area contributed by atoms with Crippen LogP contribution in [0, 0.1) is 0 Å². The van der Waals surface area contributed by atoms with Crippen molar-refractivity contribution in [2.45, 2.75) is 37.5 Å². The summed E-state index contributed by atoms with van der Waals surface area (Å²) in [7, 11) is 0. The zero-order valence-corrected chi connectivity index (χ0v) is 21.8. The highest BCUT2D eigenvalue weighted by Crippen LogP contribution is 2.48. The van der Waals surface area contributed by atoms with Crippen LogP contribution in [0.25, 0.3) is 0 Å². The average molecular weight is 525 g/mol. The molecule has 4 rings (SSSR count). The molecule has 1 heterocycles. The minimum Gasteiger partial charge on any atom is -0.465 e. The molecule has 1 aliphatic heterocycles.